The third-order valence-corrected chi connectivity index (χ3v) is 2.09. The predicted molar refractivity (Wildman–Crippen MR) is 74.7 cm³/mol. The Labute approximate surface area is 116 Å². The van der Waals surface area contributed by atoms with Gasteiger partial charge >= 0.3 is 11.9 Å². The smallest absolute Gasteiger partial charge is 0.305 e. The van der Waals surface area contributed by atoms with Gasteiger partial charge in [-0.1, -0.05) is 41.5 Å². The minimum atomic E-state index is -0.251. The summed E-state index contributed by atoms with van der Waals surface area (Å²) >= 11 is 0. The van der Waals surface area contributed by atoms with Crippen molar-refractivity contribution in [2.75, 3.05) is 13.2 Å². The van der Waals surface area contributed by atoms with E-state index in [1.54, 1.807) is 0 Å². The summed E-state index contributed by atoms with van der Waals surface area (Å²) in [5, 5.41) is 0. The third kappa shape index (κ3) is 13.2. The van der Waals surface area contributed by atoms with Crippen molar-refractivity contribution in [1.82, 2.24) is 0 Å². The summed E-state index contributed by atoms with van der Waals surface area (Å²) in [7, 11) is 0. The first kappa shape index (κ1) is 17.9. The first-order chi connectivity index (χ1) is 8.49. The maximum Gasteiger partial charge on any atom is 0.305 e. The van der Waals surface area contributed by atoms with E-state index >= 15 is 0 Å². The summed E-state index contributed by atoms with van der Waals surface area (Å²) in [6.45, 7) is 12.8. The Kier molecular flexibility index (Phi) is 7.09. The molecular formula is C15H28O4. The van der Waals surface area contributed by atoms with Gasteiger partial charge in [0.1, 0.15) is 0 Å². The molecule has 0 aliphatic rings. The minimum absolute atomic E-state index is 0.0265. The number of carbonyl (C=O) groups is 2. The van der Waals surface area contributed by atoms with E-state index < -0.39 is 0 Å². The van der Waals surface area contributed by atoms with Crippen LogP contribution in [0.15, 0.2) is 0 Å². The van der Waals surface area contributed by atoms with E-state index in [0.717, 1.165) is 0 Å². The lowest BCUT2D eigenvalue weighted by molar-refractivity contribution is -0.148. The van der Waals surface area contributed by atoms with Crippen LogP contribution in [0.25, 0.3) is 0 Å². The second-order valence-electron chi connectivity index (χ2n) is 7.30. The third-order valence-electron chi connectivity index (χ3n) is 2.09. The molecule has 0 aromatic heterocycles. The fourth-order valence-electron chi connectivity index (χ4n) is 1.12. The summed E-state index contributed by atoms with van der Waals surface area (Å²) in [6, 6.07) is 0. The summed E-state index contributed by atoms with van der Waals surface area (Å²) in [5.41, 5.74) is -0.0530. The van der Waals surface area contributed by atoms with Gasteiger partial charge in [-0.15, -0.1) is 0 Å². The van der Waals surface area contributed by atoms with E-state index in [4.69, 9.17) is 9.47 Å². The Balaban J connectivity index is 3.68. The van der Waals surface area contributed by atoms with Crippen LogP contribution in [0.2, 0.25) is 0 Å². The van der Waals surface area contributed by atoms with Gasteiger partial charge in [-0.05, 0) is 17.3 Å². The zero-order valence-corrected chi connectivity index (χ0v) is 13.2. The number of ether oxygens (including phenoxy) is 2. The molecule has 0 aromatic rings. The molecule has 0 saturated carbocycles. The maximum absolute atomic E-state index is 11.4. The van der Waals surface area contributed by atoms with E-state index in [-0.39, 0.29) is 35.6 Å². The molecule has 0 fully saturated rings. The zero-order valence-electron chi connectivity index (χ0n) is 13.2. The monoisotopic (exact) mass is 272 g/mol. The van der Waals surface area contributed by atoms with Crippen LogP contribution in [0, 0.1) is 10.8 Å². The molecule has 0 saturated heterocycles. The predicted octanol–water partition coefficient (Wildman–Crippen LogP) is 3.34. The van der Waals surface area contributed by atoms with Crippen LogP contribution < -0.4 is 0 Å². The molecule has 0 rings (SSSR count). The van der Waals surface area contributed by atoms with Crippen molar-refractivity contribution in [2.45, 2.75) is 60.8 Å². The quantitative estimate of drug-likeness (QED) is 0.696. The van der Waals surface area contributed by atoms with Crippen LogP contribution in [0.5, 0.6) is 0 Å². The Morgan fingerprint density at radius 1 is 0.737 bits per heavy atom. The van der Waals surface area contributed by atoms with E-state index in [1.165, 1.54) is 0 Å². The SMILES string of the molecule is CC(C)(C)COC(=O)CCCC(=O)OCC(C)(C)C. The van der Waals surface area contributed by atoms with Gasteiger partial charge in [-0.2, -0.15) is 0 Å². The molecule has 4 nitrogen and oxygen atoms in total. The van der Waals surface area contributed by atoms with Crippen molar-refractivity contribution in [3.05, 3.63) is 0 Å². The first-order valence-electron chi connectivity index (χ1n) is 6.81. The molecule has 0 amide bonds. The molecule has 0 unspecified atom stereocenters. The van der Waals surface area contributed by atoms with Crippen LogP contribution in [-0.2, 0) is 19.1 Å². The van der Waals surface area contributed by atoms with Gasteiger partial charge in [0.25, 0.3) is 0 Å². The van der Waals surface area contributed by atoms with Crippen LogP contribution in [0.1, 0.15) is 60.8 Å². The fraction of sp³-hybridized carbons (Fsp3) is 0.867. The topological polar surface area (TPSA) is 52.6 Å². The maximum atomic E-state index is 11.4. The molecule has 0 heterocycles. The Morgan fingerprint density at radius 3 is 1.32 bits per heavy atom. The molecule has 4 heteroatoms. The molecule has 0 radical (unpaired) electrons. The Morgan fingerprint density at radius 2 is 1.05 bits per heavy atom. The normalized spacial score (nSPS) is 12.1. The molecule has 0 aromatic carbocycles. The van der Waals surface area contributed by atoms with Crippen molar-refractivity contribution in [1.29, 1.82) is 0 Å². The second-order valence-corrected chi connectivity index (χ2v) is 7.30. The number of hydrogen-bond donors (Lipinski definition) is 0. The van der Waals surface area contributed by atoms with Crippen molar-refractivity contribution < 1.29 is 19.1 Å². The molecule has 0 atom stereocenters. The van der Waals surface area contributed by atoms with Crippen LogP contribution >= 0.6 is 0 Å². The van der Waals surface area contributed by atoms with Gasteiger partial charge in [0.05, 0.1) is 13.2 Å². The highest BCUT2D eigenvalue weighted by Gasteiger charge is 2.15. The Bertz CT molecular complexity index is 264. The van der Waals surface area contributed by atoms with Crippen LogP contribution in [-0.4, -0.2) is 25.2 Å². The van der Waals surface area contributed by atoms with Crippen LogP contribution in [0.3, 0.4) is 0 Å². The van der Waals surface area contributed by atoms with Gasteiger partial charge in [0.2, 0.25) is 0 Å². The largest absolute Gasteiger partial charge is 0.465 e. The van der Waals surface area contributed by atoms with E-state index in [0.29, 0.717) is 19.6 Å². The van der Waals surface area contributed by atoms with Gasteiger partial charge in [0.15, 0.2) is 0 Å². The standard InChI is InChI=1S/C15H28O4/c1-14(2,3)10-18-12(16)8-7-9-13(17)19-11-15(4,5)6/h7-11H2,1-6H3. The summed E-state index contributed by atoms with van der Waals surface area (Å²) in [6.07, 6.45) is 1.01. The van der Waals surface area contributed by atoms with Gasteiger partial charge < -0.3 is 9.47 Å². The molecule has 0 spiro atoms. The summed E-state index contributed by atoms with van der Waals surface area (Å²) < 4.78 is 10.2. The van der Waals surface area contributed by atoms with Crippen LogP contribution in [0.4, 0.5) is 0 Å². The van der Waals surface area contributed by atoms with Crippen molar-refractivity contribution in [2.24, 2.45) is 10.8 Å². The van der Waals surface area contributed by atoms with Crippen molar-refractivity contribution >= 4 is 11.9 Å². The number of carbonyl (C=O) groups excluding carboxylic acids is 2. The fourth-order valence-corrected chi connectivity index (χ4v) is 1.12. The van der Waals surface area contributed by atoms with Crippen molar-refractivity contribution in [3.8, 4) is 0 Å². The molecule has 19 heavy (non-hydrogen) atoms. The van der Waals surface area contributed by atoms with E-state index in [9.17, 15) is 9.59 Å². The highest BCUT2D eigenvalue weighted by molar-refractivity contribution is 5.72. The van der Waals surface area contributed by atoms with Gasteiger partial charge in [-0.25, -0.2) is 0 Å². The molecule has 0 aliphatic heterocycles. The molecule has 0 N–H and O–H groups in total. The number of esters is 2. The van der Waals surface area contributed by atoms with E-state index in [2.05, 4.69) is 0 Å². The van der Waals surface area contributed by atoms with Gasteiger partial charge in [0, 0.05) is 12.8 Å². The highest BCUT2D eigenvalue weighted by Crippen LogP contribution is 2.15. The number of rotatable bonds is 6. The average molecular weight is 272 g/mol. The lowest BCUT2D eigenvalue weighted by atomic mass is 9.99. The lowest BCUT2D eigenvalue weighted by Gasteiger charge is -2.18. The highest BCUT2D eigenvalue weighted by atomic mass is 16.5. The zero-order chi connectivity index (χ0) is 15.1. The van der Waals surface area contributed by atoms with E-state index in [1.807, 2.05) is 41.5 Å². The second kappa shape index (κ2) is 7.51. The molecule has 0 aliphatic carbocycles. The lowest BCUT2D eigenvalue weighted by Crippen LogP contribution is -2.19. The summed E-state index contributed by atoms with van der Waals surface area (Å²) in [5.74, 6) is -0.503. The average Bonchev–Trinajstić information content (AvgIpc) is 2.22. The number of hydrogen-bond acceptors (Lipinski definition) is 4. The molecular weight excluding hydrogens is 244 g/mol. The summed E-state index contributed by atoms with van der Waals surface area (Å²) in [4.78, 5) is 22.8. The molecule has 0 bridgehead atoms. The van der Waals surface area contributed by atoms with Crippen molar-refractivity contribution in [3.63, 3.8) is 0 Å². The Hall–Kier alpha value is -1.06. The molecule has 112 valence electrons. The van der Waals surface area contributed by atoms with Gasteiger partial charge in [-0.3, -0.25) is 9.59 Å². The minimum Gasteiger partial charge on any atom is -0.465 e. The first-order valence-corrected chi connectivity index (χ1v) is 6.81.